The van der Waals surface area contributed by atoms with Crippen molar-refractivity contribution in [3.05, 3.63) is 58.0 Å². The van der Waals surface area contributed by atoms with Crippen LogP contribution in [0.4, 0.5) is 0 Å². The second-order valence-corrected chi connectivity index (χ2v) is 6.71. The van der Waals surface area contributed by atoms with Crippen LogP contribution in [0.5, 0.6) is 5.75 Å². The Labute approximate surface area is 159 Å². The van der Waals surface area contributed by atoms with Crippen LogP contribution in [0.15, 0.2) is 51.1 Å². The number of rotatable bonds is 5. The van der Waals surface area contributed by atoms with E-state index < -0.39 is 17.7 Å². The molecule has 3 rings (SSSR count). The summed E-state index contributed by atoms with van der Waals surface area (Å²) in [5.74, 6) is -0.569. The Morgan fingerprint density at radius 2 is 2.12 bits per heavy atom. The number of carbonyl (C=O) groups excluding carboxylic acids is 2. The van der Waals surface area contributed by atoms with Crippen molar-refractivity contribution >= 4 is 33.4 Å². The smallest absolute Gasteiger partial charge is 0.295 e. The zero-order valence-electron chi connectivity index (χ0n) is 14.4. The highest BCUT2D eigenvalue weighted by Gasteiger charge is 2.47. The number of aliphatic hydroxyl groups is 1. The average Bonchev–Trinajstić information content (AvgIpc) is 3.24. The van der Waals surface area contributed by atoms with Crippen molar-refractivity contribution in [3.8, 4) is 5.75 Å². The summed E-state index contributed by atoms with van der Waals surface area (Å²) in [5, 5.41) is 10.8. The van der Waals surface area contributed by atoms with Gasteiger partial charge in [-0.2, -0.15) is 0 Å². The molecule has 0 aliphatic carbocycles. The summed E-state index contributed by atoms with van der Waals surface area (Å²) in [5.41, 5.74) is 0.430. The highest BCUT2D eigenvalue weighted by atomic mass is 79.9. The molecule has 136 valence electrons. The Hall–Kier alpha value is -2.54. The predicted octanol–water partition coefficient (Wildman–Crippen LogP) is 3.88. The number of ether oxygens (including phenoxy) is 1. The van der Waals surface area contributed by atoms with Gasteiger partial charge in [0.25, 0.3) is 11.7 Å². The van der Waals surface area contributed by atoms with Crippen molar-refractivity contribution in [1.82, 2.24) is 4.90 Å². The van der Waals surface area contributed by atoms with Crippen molar-refractivity contribution < 1.29 is 23.8 Å². The number of hydrogen-bond donors (Lipinski definition) is 1. The van der Waals surface area contributed by atoms with Crippen LogP contribution < -0.4 is 4.74 Å². The Bertz CT molecular complexity index is 872. The number of halogens is 1. The second-order valence-electron chi connectivity index (χ2n) is 5.86. The monoisotopic (exact) mass is 419 g/mol. The maximum atomic E-state index is 12.6. The molecule has 1 aliphatic rings. The van der Waals surface area contributed by atoms with Crippen LogP contribution in [0.2, 0.25) is 0 Å². The molecule has 1 atom stereocenters. The van der Waals surface area contributed by atoms with Crippen molar-refractivity contribution in [3.63, 3.8) is 0 Å². The third-order valence-corrected chi connectivity index (χ3v) is 4.86. The number of nitrogens with zero attached hydrogens (tertiary/aromatic N) is 1. The Balaban J connectivity index is 2.15. The Kier molecular flexibility index (Phi) is 5.18. The largest absolute Gasteiger partial charge is 0.507 e. The third kappa shape index (κ3) is 3.03. The van der Waals surface area contributed by atoms with Gasteiger partial charge in [0, 0.05) is 12.1 Å². The SMILES string of the molecule is CCCN1C(=O)C(=O)/C(=C(\O)c2ccc(OC)c(Br)c2)C1c1ccco1. The number of ketones is 1. The van der Waals surface area contributed by atoms with Gasteiger partial charge in [-0.15, -0.1) is 0 Å². The van der Waals surface area contributed by atoms with Crippen LogP contribution in [0.3, 0.4) is 0 Å². The van der Waals surface area contributed by atoms with Gasteiger partial charge in [0.1, 0.15) is 23.3 Å². The highest BCUT2D eigenvalue weighted by Crippen LogP contribution is 2.40. The summed E-state index contributed by atoms with van der Waals surface area (Å²) in [6, 6.07) is 7.57. The number of benzene rings is 1. The molecule has 1 amide bonds. The lowest BCUT2D eigenvalue weighted by Crippen LogP contribution is -2.30. The van der Waals surface area contributed by atoms with Crippen molar-refractivity contribution in [1.29, 1.82) is 0 Å². The number of amides is 1. The molecule has 0 radical (unpaired) electrons. The number of hydrogen-bond acceptors (Lipinski definition) is 5. The summed E-state index contributed by atoms with van der Waals surface area (Å²) in [6.07, 6.45) is 2.16. The topological polar surface area (TPSA) is 80.0 Å². The number of furan rings is 1. The summed E-state index contributed by atoms with van der Waals surface area (Å²) in [6.45, 7) is 2.30. The molecular formula is C19H18BrNO5. The van der Waals surface area contributed by atoms with Crippen LogP contribution in [-0.2, 0) is 9.59 Å². The first kappa shape index (κ1) is 18.3. The van der Waals surface area contributed by atoms with E-state index in [1.807, 2.05) is 6.92 Å². The van der Waals surface area contributed by atoms with E-state index in [-0.39, 0.29) is 11.3 Å². The molecule has 1 fully saturated rings. The Morgan fingerprint density at radius 1 is 1.35 bits per heavy atom. The quantitative estimate of drug-likeness (QED) is 0.451. The van der Waals surface area contributed by atoms with Gasteiger partial charge in [0.15, 0.2) is 0 Å². The maximum absolute atomic E-state index is 12.6. The predicted molar refractivity (Wildman–Crippen MR) is 98.7 cm³/mol. The van der Waals surface area contributed by atoms with Gasteiger partial charge in [-0.05, 0) is 52.7 Å². The van der Waals surface area contributed by atoms with Crippen molar-refractivity contribution in [2.45, 2.75) is 19.4 Å². The molecule has 6 nitrogen and oxygen atoms in total. The number of carbonyl (C=O) groups is 2. The molecular weight excluding hydrogens is 402 g/mol. The van der Waals surface area contributed by atoms with Crippen LogP contribution >= 0.6 is 15.9 Å². The van der Waals surface area contributed by atoms with E-state index in [4.69, 9.17) is 9.15 Å². The molecule has 0 spiro atoms. The van der Waals surface area contributed by atoms with Gasteiger partial charge < -0.3 is 19.2 Å². The fourth-order valence-electron chi connectivity index (χ4n) is 3.06. The standard InChI is InChI=1S/C19H18BrNO5/c1-3-8-21-16(14-5-4-9-26-14)15(18(23)19(21)24)17(22)11-6-7-13(25-2)12(20)10-11/h4-7,9-10,16,22H,3,8H2,1-2H3/b17-15-. The molecule has 7 heteroatoms. The van der Waals surface area contributed by atoms with E-state index in [2.05, 4.69) is 15.9 Å². The summed E-state index contributed by atoms with van der Waals surface area (Å²) in [4.78, 5) is 26.5. The molecule has 2 aromatic rings. The molecule has 1 saturated heterocycles. The molecule has 0 saturated carbocycles. The summed E-state index contributed by atoms with van der Waals surface area (Å²) >= 11 is 3.36. The lowest BCUT2D eigenvalue weighted by Gasteiger charge is -2.22. The van der Waals surface area contributed by atoms with E-state index in [1.165, 1.54) is 18.3 Å². The Morgan fingerprint density at radius 3 is 2.69 bits per heavy atom. The minimum Gasteiger partial charge on any atom is -0.507 e. The fraction of sp³-hybridized carbons (Fsp3) is 0.263. The minimum absolute atomic E-state index is 0.0236. The summed E-state index contributed by atoms with van der Waals surface area (Å²) < 4.78 is 11.3. The third-order valence-electron chi connectivity index (χ3n) is 4.24. The molecule has 1 N–H and O–H groups in total. The first-order valence-corrected chi connectivity index (χ1v) is 8.94. The van der Waals surface area contributed by atoms with E-state index >= 15 is 0 Å². The number of likely N-dealkylation sites (tertiary alicyclic amines) is 1. The van der Waals surface area contributed by atoms with Crippen molar-refractivity contribution in [2.24, 2.45) is 0 Å². The van der Waals surface area contributed by atoms with Gasteiger partial charge in [-0.25, -0.2) is 0 Å². The minimum atomic E-state index is -0.745. The van der Waals surface area contributed by atoms with E-state index in [0.717, 1.165) is 0 Å². The molecule has 1 unspecified atom stereocenters. The van der Waals surface area contributed by atoms with Gasteiger partial charge in [0.2, 0.25) is 0 Å². The van der Waals surface area contributed by atoms with Crippen LogP contribution in [-0.4, -0.2) is 35.4 Å². The van der Waals surface area contributed by atoms with E-state index in [0.29, 0.717) is 34.5 Å². The first-order valence-electron chi connectivity index (χ1n) is 8.15. The number of Topliss-reactive ketones (excluding diaryl/α,β-unsaturated/α-hetero) is 1. The average molecular weight is 420 g/mol. The molecule has 2 heterocycles. The molecule has 1 aromatic heterocycles. The zero-order chi connectivity index (χ0) is 18.8. The zero-order valence-corrected chi connectivity index (χ0v) is 15.9. The molecule has 1 aliphatic heterocycles. The molecule has 26 heavy (non-hydrogen) atoms. The van der Waals surface area contributed by atoms with Gasteiger partial charge in [0.05, 0.1) is 23.4 Å². The van der Waals surface area contributed by atoms with Gasteiger partial charge in [-0.1, -0.05) is 6.92 Å². The van der Waals surface area contributed by atoms with E-state index in [9.17, 15) is 14.7 Å². The van der Waals surface area contributed by atoms with E-state index in [1.54, 1.807) is 30.3 Å². The lowest BCUT2D eigenvalue weighted by atomic mass is 9.99. The fourth-order valence-corrected chi connectivity index (χ4v) is 3.60. The van der Waals surface area contributed by atoms with Crippen LogP contribution in [0, 0.1) is 0 Å². The normalized spacial score (nSPS) is 19.2. The van der Waals surface area contributed by atoms with Gasteiger partial charge in [-0.3, -0.25) is 9.59 Å². The van der Waals surface area contributed by atoms with Gasteiger partial charge >= 0.3 is 0 Å². The van der Waals surface area contributed by atoms with Crippen LogP contribution in [0.25, 0.3) is 5.76 Å². The number of methoxy groups -OCH3 is 1. The van der Waals surface area contributed by atoms with Crippen molar-refractivity contribution in [2.75, 3.05) is 13.7 Å². The second kappa shape index (κ2) is 7.37. The first-order chi connectivity index (χ1) is 12.5. The molecule has 0 bridgehead atoms. The van der Waals surface area contributed by atoms with Crippen LogP contribution in [0.1, 0.15) is 30.7 Å². The highest BCUT2D eigenvalue weighted by molar-refractivity contribution is 9.10. The lowest BCUT2D eigenvalue weighted by molar-refractivity contribution is -0.140. The summed E-state index contributed by atoms with van der Waals surface area (Å²) in [7, 11) is 1.53. The number of aliphatic hydroxyl groups excluding tert-OH is 1. The maximum Gasteiger partial charge on any atom is 0.295 e. The molecule has 1 aromatic carbocycles.